The number of nitrogens with one attached hydrogen (secondary N) is 1. The van der Waals surface area contributed by atoms with Crippen LogP contribution in [0.3, 0.4) is 0 Å². The third kappa shape index (κ3) is 2.78. The van der Waals surface area contributed by atoms with Gasteiger partial charge in [-0.25, -0.2) is 0 Å². The fourth-order valence-corrected chi connectivity index (χ4v) is 3.17. The minimum absolute atomic E-state index is 0.733. The molecule has 3 rings (SSSR count). The monoisotopic (exact) mass is 273 g/mol. The van der Waals surface area contributed by atoms with E-state index in [0.29, 0.717) is 0 Å². The van der Waals surface area contributed by atoms with Crippen molar-refractivity contribution in [3.63, 3.8) is 0 Å². The van der Waals surface area contributed by atoms with Crippen molar-refractivity contribution in [2.24, 2.45) is 5.92 Å². The average molecular weight is 273 g/mol. The fraction of sp³-hybridized carbons (Fsp3) is 0.467. The molecule has 1 fully saturated rings. The van der Waals surface area contributed by atoms with Crippen molar-refractivity contribution in [2.75, 3.05) is 0 Å². The van der Waals surface area contributed by atoms with Gasteiger partial charge in [-0.05, 0) is 24.6 Å². The van der Waals surface area contributed by atoms with Gasteiger partial charge in [0.2, 0.25) is 0 Å². The number of benzene rings is 1. The van der Waals surface area contributed by atoms with Crippen LogP contribution in [0.15, 0.2) is 30.3 Å². The molecule has 1 saturated carbocycles. The summed E-state index contributed by atoms with van der Waals surface area (Å²) < 4.78 is 2.88. The van der Waals surface area contributed by atoms with Crippen LogP contribution in [0.4, 0.5) is 0 Å². The van der Waals surface area contributed by atoms with E-state index in [2.05, 4.69) is 26.9 Å². The Hall–Kier alpha value is -1.42. The number of hydrogen-bond acceptors (Lipinski definition) is 2. The molecule has 1 heterocycles. The van der Waals surface area contributed by atoms with Crippen molar-refractivity contribution in [3.8, 4) is 11.4 Å². The van der Waals surface area contributed by atoms with Crippen molar-refractivity contribution < 1.29 is 0 Å². The van der Waals surface area contributed by atoms with Crippen LogP contribution in [0.1, 0.15) is 32.1 Å². The predicted octanol–water partition coefficient (Wildman–Crippen LogP) is 4.19. The average Bonchev–Trinajstić information content (AvgIpc) is 3.07. The highest BCUT2D eigenvalue weighted by Gasteiger charge is 2.16. The van der Waals surface area contributed by atoms with E-state index in [1.165, 1.54) is 32.1 Å². The summed E-state index contributed by atoms with van der Waals surface area (Å²) >= 11 is 5.36. The molecule has 0 spiro atoms. The molecule has 0 amide bonds. The molecule has 0 atom stereocenters. The van der Waals surface area contributed by atoms with Gasteiger partial charge in [-0.15, -0.1) is 0 Å². The molecule has 2 aromatic rings. The Balaban J connectivity index is 1.80. The van der Waals surface area contributed by atoms with Crippen molar-refractivity contribution in [1.82, 2.24) is 14.8 Å². The standard InChI is InChI=1S/C15H19N3S/c19-15-17-16-14(13-8-2-1-3-9-13)18(15)11-10-12-6-4-5-7-12/h1-3,8-9,12H,4-7,10-11H2,(H,17,19). The summed E-state index contributed by atoms with van der Waals surface area (Å²) in [6.45, 7) is 0.976. The number of rotatable bonds is 4. The highest BCUT2D eigenvalue weighted by Crippen LogP contribution is 2.28. The number of hydrogen-bond donors (Lipinski definition) is 1. The van der Waals surface area contributed by atoms with Gasteiger partial charge in [0.15, 0.2) is 10.6 Å². The van der Waals surface area contributed by atoms with Gasteiger partial charge < -0.3 is 4.57 Å². The van der Waals surface area contributed by atoms with E-state index in [9.17, 15) is 0 Å². The van der Waals surface area contributed by atoms with Crippen LogP contribution in [0.2, 0.25) is 0 Å². The lowest BCUT2D eigenvalue weighted by Gasteiger charge is -2.11. The highest BCUT2D eigenvalue weighted by molar-refractivity contribution is 7.71. The summed E-state index contributed by atoms with van der Waals surface area (Å²) in [5, 5.41) is 7.30. The molecule has 0 unspecified atom stereocenters. The summed E-state index contributed by atoms with van der Waals surface area (Å²) in [6, 6.07) is 10.3. The number of H-pyrrole nitrogens is 1. The zero-order valence-corrected chi connectivity index (χ0v) is 11.8. The first kappa shape index (κ1) is 12.6. The Bertz CT molecular complexity index is 579. The van der Waals surface area contributed by atoms with E-state index in [1.807, 2.05) is 18.2 Å². The lowest BCUT2D eigenvalue weighted by Crippen LogP contribution is -2.05. The topological polar surface area (TPSA) is 33.6 Å². The minimum Gasteiger partial charge on any atom is -0.300 e. The number of nitrogens with zero attached hydrogens (tertiary/aromatic N) is 2. The predicted molar refractivity (Wildman–Crippen MR) is 79.4 cm³/mol. The Morgan fingerprint density at radius 2 is 1.95 bits per heavy atom. The van der Waals surface area contributed by atoms with Crippen LogP contribution in [-0.4, -0.2) is 14.8 Å². The molecule has 1 aromatic heterocycles. The van der Waals surface area contributed by atoms with Gasteiger partial charge in [-0.2, -0.15) is 5.10 Å². The van der Waals surface area contributed by atoms with Gasteiger partial charge in [-0.1, -0.05) is 56.0 Å². The molecular formula is C15H19N3S. The van der Waals surface area contributed by atoms with Gasteiger partial charge in [0.25, 0.3) is 0 Å². The summed E-state index contributed by atoms with van der Waals surface area (Å²) in [5.74, 6) is 1.84. The van der Waals surface area contributed by atoms with E-state index in [-0.39, 0.29) is 0 Å². The van der Waals surface area contributed by atoms with E-state index < -0.39 is 0 Å². The van der Waals surface area contributed by atoms with Crippen LogP contribution in [0.5, 0.6) is 0 Å². The second-order valence-corrected chi connectivity index (χ2v) is 5.70. The van der Waals surface area contributed by atoms with Crippen molar-refractivity contribution >= 4 is 12.2 Å². The molecule has 0 bridgehead atoms. The summed E-state index contributed by atoms with van der Waals surface area (Å²) in [7, 11) is 0. The Morgan fingerprint density at radius 1 is 1.21 bits per heavy atom. The zero-order chi connectivity index (χ0) is 13.1. The molecule has 4 heteroatoms. The molecule has 0 radical (unpaired) electrons. The molecule has 1 aliphatic rings. The van der Waals surface area contributed by atoms with Crippen LogP contribution < -0.4 is 0 Å². The Morgan fingerprint density at radius 3 is 2.68 bits per heavy atom. The maximum atomic E-state index is 5.36. The molecule has 0 saturated heterocycles. The molecular weight excluding hydrogens is 254 g/mol. The van der Waals surface area contributed by atoms with E-state index >= 15 is 0 Å². The van der Waals surface area contributed by atoms with Crippen LogP contribution >= 0.6 is 12.2 Å². The Kier molecular flexibility index (Phi) is 3.78. The maximum absolute atomic E-state index is 5.36. The highest BCUT2D eigenvalue weighted by atomic mass is 32.1. The van der Waals surface area contributed by atoms with Crippen LogP contribution in [0.25, 0.3) is 11.4 Å². The smallest absolute Gasteiger partial charge is 0.195 e. The Labute approximate surface area is 118 Å². The summed E-state index contributed by atoms with van der Waals surface area (Å²) in [4.78, 5) is 0. The normalized spacial score (nSPS) is 16.0. The third-order valence-electron chi connectivity index (χ3n) is 4.03. The first-order valence-corrected chi connectivity index (χ1v) is 7.46. The minimum atomic E-state index is 0.733. The summed E-state index contributed by atoms with van der Waals surface area (Å²) in [5.41, 5.74) is 1.13. The molecule has 3 nitrogen and oxygen atoms in total. The number of aromatic nitrogens is 3. The van der Waals surface area contributed by atoms with E-state index in [1.54, 1.807) is 0 Å². The maximum Gasteiger partial charge on any atom is 0.195 e. The molecule has 19 heavy (non-hydrogen) atoms. The van der Waals surface area contributed by atoms with E-state index in [0.717, 1.165) is 28.6 Å². The second kappa shape index (κ2) is 5.70. The molecule has 100 valence electrons. The van der Waals surface area contributed by atoms with Gasteiger partial charge in [-0.3, -0.25) is 5.10 Å². The van der Waals surface area contributed by atoms with Gasteiger partial charge in [0, 0.05) is 12.1 Å². The van der Waals surface area contributed by atoms with Gasteiger partial charge in [0.1, 0.15) is 0 Å². The quantitative estimate of drug-likeness (QED) is 0.847. The molecule has 1 N–H and O–H groups in total. The zero-order valence-electron chi connectivity index (χ0n) is 11.0. The lowest BCUT2D eigenvalue weighted by atomic mass is 10.0. The van der Waals surface area contributed by atoms with Crippen molar-refractivity contribution in [1.29, 1.82) is 0 Å². The van der Waals surface area contributed by atoms with Gasteiger partial charge >= 0.3 is 0 Å². The van der Waals surface area contributed by atoms with Crippen LogP contribution in [-0.2, 0) is 6.54 Å². The first-order valence-electron chi connectivity index (χ1n) is 7.05. The third-order valence-corrected chi connectivity index (χ3v) is 4.34. The summed E-state index contributed by atoms with van der Waals surface area (Å²) in [6.07, 6.45) is 6.77. The second-order valence-electron chi connectivity index (χ2n) is 5.31. The first-order chi connectivity index (χ1) is 9.34. The molecule has 1 aromatic carbocycles. The fourth-order valence-electron chi connectivity index (χ4n) is 2.94. The van der Waals surface area contributed by atoms with Crippen LogP contribution in [0, 0.1) is 10.7 Å². The van der Waals surface area contributed by atoms with Gasteiger partial charge in [0.05, 0.1) is 0 Å². The largest absolute Gasteiger partial charge is 0.300 e. The van der Waals surface area contributed by atoms with Crippen molar-refractivity contribution in [2.45, 2.75) is 38.6 Å². The lowest BCUT2D eigenvalue weighted by molar-refractivity contribution is 0.457. The molecule has 0 aliphatic heterocycles. The number of aromatic amines is 1. The van der Waals surface area contributed by atoms with Crippen molar-refractivity contribution in [3.05, 3.63) is 35.1 Å². The van der Waals surface area contributed by atoms with E-state index in [4.69, 9.17) is 12.2 Å². The SMILES string of the molecule is S=c1[nH]nc(-c2ccccc2)n1CCC1CCCC1. The molecule has 1 aliphatic carbocycles.